The number of carbonyl (C=O) groups is 1. The number of carbonyl (C=O) groups excluding carboxylic acids is 1. The van der Waals surface area contributed by atoms with Gasteiger partial charge in [0.15, 0.2) is 0 Å². The van der Waals surface area contributed by atoms with Crippen molar-refractivity contribution in [2.45, 2.75) is 31.2 Å². The van der Waals surface area contributed by atoms with Crippen LogP contribution in [0.3, 0.4) is 0 Å². The smallest absolute Gasteiger partial charge is 0.265 e. The SMILES string of the molecule is C[C@@](C#N)(c1ccccc1)[C@H](CCc1ccccc1)NNC(=O)c1ccccc1. The Balaban J connectivity index is 1.80. The lowest BCUT2D eigenvalue weighted by atomic mass is 9.75. The van der Waals surface area contributed by atoms with Crippen LogP contribution in [-0.4, -0.2) is 11.9 Å². The first-order valence-electron chi connectivity index (χ1n) is 9.75. The zero-order valence-electron chi connectivity index (χ0n) is 16.5. The average molecular weight is 383 g/mol. The van der Waals surface area contributed by atoms with E-state index in [1.807, 2.05) is 73.7 Å². The fourth-order valence-corrected chi connectivity index (χ4v) is 3.40. The lowest BCUT2D eigenvalue weighted by molar-refractivity contribution is 0.0917. The third-order valence-electron chi connectivity index (χ3n) is 5.26. The van der Waals surface area contributed by atoms with Gasteiger partial charge >= 0.3 is 0 Å². The molecular weight excluding hydrogens is 358 g/mol. The van der Waals surface area contributed by atoms with Gasteiger partial charge in [-0.05, 0) is 43.0 Å². The highest BCUT2D eigenvalue weighted by atomic mass is 16.2. The number of nitriles is 1. The Bertz CT molecular complexity index is 952. The third kappa shape index (κ3) is 5.10. The van der Waals surface area contributed by atoms with Gasteiger partial charge in [-0.2, -0.15) is 5.26 Å². The predicted molar refractivity (Wildman–Crippen MR) is 115 cm³/mol. The minimum absolute atomic E-state index is 0.219. The van der Waals surface area contributed by atoms with Crippen LogP contribution >= 0.6 is 0 Å². The Kier molecular flexibility index (Phi) is 6.78. The van der Waals surface area contributed by atoms with Crippen molar-refractivity contribution in [1.29, 1.82) is 5.26 Å². The molecule has 0 spiro atoms. The number of nitrogens with zero attached hydrogens (tertiary/aromatic N) is 1. The molecule has 0 aliphatic rings. The molecule has 0 radical (unpaired) electrons. The number of aryl methyl sites for hydroxylation is 1. The summed E-state index contributed by atoms with van der Waals surface area (Å²) in [5.74, 6) is -0.219. The van der Waals surface area contributed by atoms with Crippen LogP contribution in [0.25, 0.3) is 0 Å². The summed E-state index contributed by atoms with van der Waals surface area (Å²) in [6.45, 7) is 1.92. The zero-order chi connectivity index (χ0) is 20.5. The highest BCUT2D eigenvalue weighted by Crippen LogP contribution is 2.29. The molecule has 0 aliphatic carbocycles. The number of hydrogen-bond acceptors (Lipinski definition) is 3. The van der Waals surface area contributed by atoms with Gasteiger partial charge in [0.05, 0.1) is 11.5 Å². The molecule has 0 heterocycles. The van der Waals surface area contributed by atoms with Crippen LogP contribution in [0.1, 0.15) is 34.8 Å². The lowest BCUT2D eigenvalue weighted by Gasteiger charge is -2.33. The van der Waals surface area contributed by atoms with Crippen LogP contribution in [0.5, 0.6) is 0 Å². The molecule has 0 saturated carbocycles. The minimum atomic E-state index is -0.806. The molecule has 3 aromatic rings. The largest absolute Gasteiger partial charge is 0.287 e. The molecule has 0 aliphatic heterocycles. The summed E-state index contributed by atoms with van der Waals surface area (Å²) in [7, 11) is 0. The fourth-order valence-electron chi connectivity index (χ4n) is 3.40. The van der Waals surface area contributed by atoms with Gasteiger partial charge in [-0.1, -0.05) is 78.9 Å². The second kappa shape index (κ2) is 9.68. The van der Waals surface area contributed by atoms with Gasteiger partial charge in [0.1, 0.15) is 0 Å². The van der Waals surface area contributed by atoms with E-state index < -0.39 is 5.41 Å². The van der Waals surface area contributed by atoms with E-state index in [-0.39, 0.29) is 11.9 Å². The van der Waals surface area contributed by atoms with Gasteiger partial charge < -0.3 is 0 Å². The topological polar surface area (TPSA) is 64.9 Å². The van der Waals surface area contributed by atoms with Gasteiger partial charge in [0, 0.05) is 11.6 Å². The summed E-state index contributed by atoms with van der Waals surface area (Å²) in [6.07, 6.45) is 1.49. The van der Waals surface area contributed by atoms with Crippen molar-refractivity contribution in [2.75, 3.05) is 0 Å². The molecule has 2 atom stereocenters. The highest BCUT2D eigenvalue weighted by Gasteiger charge is 2.36. The number of hydrazine groups is 1. The predicted octanol–water partition coefficient (Wildman–Crippen LogP) is 4.40. The van der Waals surface area contributed by atoms with Crippen LogP contribution in [0.2, 0.25) is 0 Å². The van der Waals surface area contributed by atoms with Gasteiger partial charge in [0.25, 0.3) is 5.91 Å². The zero-order valence-corrected chi connectivity index (χ0v) is 16.5. The summed E-state index contributed by atoms with van der Waals surface area (Å²) in [5, 5.41) is 10.1. The Morgan fingerprint density at radius 1 is 0.931 bits per heavy atom. The highest BCUT2D eigenvalue weighted by molar-refractivity contribution is 5.93. The first-order valence-corrected chi connectivity index (χ1v) is 9.75. The van der Waals surface area contributed by atoms with Crippen molar-refractivity contribution in [3.63, 3.8) is 0 Å². The molecule has 3 aromatic carbocycles. The lowest BCUT2D eigenvalue weighted by Crippen LogP contribution is -2.53. The van der Waals surface area contributed by atoms with Crippen LogP contribution < -0.4 is 10.9 Å². The summed E-state index contributed by atoms with van der Waals surface area (Å²) in [6, 6.07) is 31.1. The van der Waals surface area contributed by atoms with E-state index in [0.29, 0.717) is 12.0 Å². The number of hydrogen-bond donors (Lipinski definition) is 2. The Morgan fingerprint density at radius 2 is 1.48 bits per heavy atom. The Morgan fingerprint density at radius 3 is 2.07 bits per heavy atom. The maximum atomic E-state index is 12.5. The van der Waals surface area contributed by atoms with E-state index in [4.69, 9.17) is 0 Å². The van der Waals surface area contributed by atoms with Crippen molar-refractivity contribution >= 4 is 5.91 Å². The molecule has 0 saturated heterocycles. The van der Waals surface area contributed by atoms with Crippen LogP contribution in [-0.2, 0) is 11.8 Å². The molecule has 0 aromatic heterocycles. The number of benzene rings is 3. The first-order chi connectivity index (χ1) is 14.1. The molecule has 1 amide bonds. The van der Waals surface area contributed by atoms with Crippen LogP contribution in [0.15, 0.2) is 91.0 Å². The Labute approximate surface area is 172 Å². The normalized spacial score (nSPS) is 13.7. The standard InChI is InChI=1S/C25H25N3O/c1-25(19-26,22-15-9-4-10-16-22)23(18-17-20-11-5-2-6-12-20)27-28-24(29)21-13-7-3-8-14-21/h2-16,23,27H,17-18H2,1H3,(H,28,29)/t23-,25+/m0/s1. The molecule has 3 rings (SSSR count). The average Bonchev–Trinajstić information content (AvgIpc) is 2.80. The van der Waals surface area contributed by atoms with E-state index >= 15 is 0 Å². The van der Waals surface area contributed by atoms with E-state index in [0.717, 1.165) is 12.0 Å². The Hall–Kier alpha value is -3.42. The molecular formula is C25H25N3O. The molecule has 4 nitrogen and oxygen atoms in total. The van der Waals surface area contributed by atoms with Crippen molar-refractivity contribution < 1.29 is 4.79 Å². The fraction of sp³-hybridized carbons (Fsp3) is 0.200. The molecule has 29 heavy (non-hydrogen) atoms. The van der Waals surface area contributed by atoms with Crippen LogP contribution in [0.4, 0.5) is 0 Å². The minimum Gasteiger partial charge on any atom is -0.287 e. The van der Waals surface area contributed by atoms with Gasteiger partial charge in [-0.25, -0.2) is 5.43 Å². The third-order valence-corrected chi connectivity index (χ3v) is 5.26. The molecule has 0 bridgehead atoms. The van der Waals surface area contributed by atoms with E-state index in [1.165, 1.54) is 5.56 Å². The molecule has 0 fully saturated rings. The maximum Gasteiger partial charge on any atom is 0.265 e. The summed E-state index contributed by atoms with van der Waals surface area (Å²) in [4.78, 5) is 12.5. The van der Waals surface area contributed by atoms with E-state index in [2.05, 4.69) is 29.1 Å². The van der Waals surface area contributed by atoms with Gasteiger partial charge in [-0.15, -0.1) is 0 Å². The van der Waals surface area contributed by atoms with Crippen LogP contribution in [0, 0.1) is 11.3 Å². The molecule has 2 N–H and O–H groups in total. The summed E-state index contributed by atoms with van der Waals surface area (Å²) < 4.78 is 0. The second-order valence-corrected chi connectivity index (χ2v) is 7.22. The summed E-state index contributed by atoms with van der Waals surface area (Å²) in [5.41, 5.74) is 7.84. The van der Waals surface area contributed by atoms with E-state index in [1.54, 1.807) is 12.1 Å². The van der Waals surface area contributed by atoms with Gasteiger partial charge in [0.2, 0.25) is 0 Å². The number of amides is 1. The van der Waals surface area contributed by atoms with Crippen molar-refractivity contribution in [1.82, 2.24) is 10.9 Å². The molecule has 146 valence electrons. The van der Waals surface area contributed by atoms with Crippen molar-refractivity contribution in [3.8, 4) is 6.07 Å². The monoisotopic (exact) mass is 383 g/mol. The number of rotatable bonds is 8. The number of nitrogens with one attached hydrogen (secondary N) is 2. The second-order valence-electron chi connectivity index (χ2n) is 7.22. The molecule has 4 heteroatoms. The maximum absolute atomic E-state index is 12.5. The molecule has 0 unspecified atom stereocenters. The van der Waals surface area contributed by atoms with Crippen molar-refractivity contribution in [2.24, 2.45) is 0 Å². The van der Waals surface area contributed by atoms with E-state index in [9.17, 15) is 10.1 Å². The summed E-state index contributed by atoms with van der Waals surface area (Å²) >= 11 is 0. The first kappa shape index (κ1) is 20.3. The van der Waals surface area contributed by atoms with Crippen molar-refractivity contribution in [3.05, 3.63) is 108 Å². The quantitative estimate of drug-likeness (QED) is 0.567. The van der Waals surface area contributed by atoms with Gasteiger partial charge in [-0.3, -0.25) is 10.2 Å².